The summed E-state index contributed by atoms with van der Waals surface area (Å²) in [5.74, 6) is -0.00474. The number of primary amides is 1. The van der Waals surface area contributed by atoms with E-state index in [0.717, 1.165) is 18.2 Å². The predicted molar refractivity (Wildman–Crippen MR) is 159 cm³/mol. The van der Waals surface area contributed by atoms with Crippen molar-refractivity contribution in [1.82, 2.24) is 15.3 Å². The quantitative estimate of drug-likeness (QED) is 0.337. The van der Waals surface area contributed by atoms with Gasteiger partial charge >= 0.3 is 6.03 Å². The highest BCUT2D eigenvalue weighted by Gasteiger charge is 2.17. The highest BCUT2D eigenvalue weighted by molar-refractivity contribution is 7.86. The van der Waals surface area contributed by atoms with Gasteiger partial charge in [-0.1, -0.05) is 17.6 Å². The minimum atomic E-state index is -0.657. The maximum atomic E-state index is 14.7. The zero-order valence-electron chi connectivity index (χ0n) is 23.5. The number of nitrogens with zero attached hydrogens (tertiary/aromatic N) is 3. The maximum absolute atomic E-state index is 14.7. The number of aromatic nitrogens is 2. The molecule has 1 aliphatic rings. The van der Waals surface area contributed by atoms with Crippen molar-refractivity contribution in [3.05, 3.63) is 59.8 Å². The van der Waals surface area contributed by atoms with Gasteiger partial charge in [-0.15, -0.1) is 0 Å². The minimum absolute atomic E-state index is 0.00537. The van der Waals surface area contributed by atoms with Crippen LogP contribution in [0.1, 0.15) is 31.7 Å². The first-order chi connectivity index (χ1) is 20.2. The molecule has 1 aliphatic heterocycles. The summed E-state index contributed by atoms with van der Waals surface area (Å²) in [5, 5.41) is 5.52. The van der Waals surface area contributed by atoms with Gasteiger partial charge in [-0.05, 0) is 55.3 Å². The van der Waals surface area contributed by atoms with Crippen LogP contribution in [0.2, 0.25) is 0 Å². The molecule has 42 heavy (non-hydrogen) atoms. The molecule has 3 aromatic rings. The number of ether oxygens (including phenoxy) is 2. The van der Waals surface area contributed by atoms with Crippen LogP contribution >= 0.6 is 0 Å². The molecule has 0 spiro atoms. The molecule has 0 saturated heterocycles. The fraction of sp³-hybridized carbons (Fsp3) is 0.357. The lowest BCUT2D eigenvalue weighted by atomic mass is 10.1. The molecule has 2 heterocycles. The van der Waals surface area contributed by atoms with E-state index in [2.05, 4.69) is 25.0 Å². The van der Waals surface area contributed by atoms with Gasteiger partial charge in [0.05, 0.1) is 26.0 Å². The van der Waals surface area contributed by atoms with Gasteiger partial charge in [-0.3, -0.25) is 4.79 Å². The smallest absolute Gasteiger partial charge is 0.312 e. The molecule has 4 bridgehead atoms. The fourth-order valence-electron chi connectivity index (χ4n) is 3.77. The van der Waals surface area contributed by atoms with E-state index >= 15 is 0 Å². The van der Waals surface area contributed by atoms with Crippen LogP contribution in [0.15, 0.2) is 47.0 Å². The van der Waals surface area contributed by atoms with Crippen LogP contribution in [0.3, 0.4) is 0 Å². The molecule has 6 N–H and O–H groups in total. The van der Waals surface area contributed by atoms with Crippen molar-refractivity contribution in [1.29, 1.82) is 0 Å². The van der Waals surface area contributed by atoms with Crippen LogP contribution in [0.5, 0.6) is 11.5 Å². The van der Waals surface area contributed by atoms with E-state index in [1.807, 2.05) is 25.3 Å². The van der Waals surface area contributed by atoms with Gasteiger partial charge in [0, 0.05) is 35.7 Å². The van der Waals surface area contributed by atoms with Crippen molar-refractivity contribution in [2.24, 2.45) is 15.8 Å². The van der Waals surface area contributed by atoms with Gasteiger partial charge in [-0.2, -0.15) is 4.36 Å². The zero-order chi connectivity index (χ0) is 30.5. The summed E-state index contributed by atoms with van der Waals surface area (Å²) in [5.41, 5.74) is 11.9. The van der Waals surface area contributed by atoms with Crippen molar-refractivity contribution in [2.45, 2.75) is 31.9 Å². The summed E-state index contributed by atoms with van der Waals surface area (Å²) in [7, 11) is -0.565. The Labute approximate surface area is 245 Å². The Morgan fingerprint density at radius 3 is 2.60 bits per heavy atom. The number of anilines is 2. The second-order valence-corrected chi connectivity index (χ2v) is 10.8. The average Bonchev–Trinajstić information content (AvgIpc) is 2.95. The van der Waals surface area contributed by atoms with Crippen LogP contribution in [0.4, 0.5) is 25.2 Å². The van der Waals surface area contributed by atoms with Crippen molar-refractivity contribution in [3.63, 3.8) is 0 Å². The number of amides is 3. The topological polar surface area (TPSA) is 167 Å². The van der Waals surface area contributed by atoms with E-state index in [1.165, 1.54) is 18.2 Å². The summed E-state index contributed by atoms with van der Waals surface area (Å²) in [4.78, 5) is 29.8. The number of rotatable bonds is 5. The molecule has 14 heteroatoms. The van der Waals surface area contributed by atoms with Gasteiger partial charge in [0.25, 0.3) is 5.91 Å². The number of urea groups is 1. The summed E-state index contributed by atoms with van der Waals surface area (Å²) in [6, 6.07) is 9.01. The molecule has 1 atom stereocenters. The Bertz CT molecular complexity index is 1430. The lowest BCUT2D eigenvalue weighted by Crippen LogP contribution is -2.29. The number of nitrogens with one attached hydrogen (secondary N) is 2. The van der Waals surface area contributed by atoms with Crippen molar-refractivity contribution in [3.8, 4) is 22.8 Å². The number of halogens is 2. The van der Waals surface area contributed by atoms with Crippen LogP contribution in [0, 0.1) is 11.6 Å². The molecule has 1 unspecified atom stereocenters. The lowest BCUT2D eigenvalue weighted by Gasteiger charge is -2.13. The summed E-state index contributed by atoms with van der Waals surface area (Å²) in [6.07, 6.45) is 5.19. The molecular formula is C28H35F2N7O4S. The monoisotopic (exact) mass is 603 g/mol. The highest BCUT2D eigenvalue weighted by Crippen LogP contribution is 2.33. The van der Waals surface area contributed by atoms with Gasteiger partial charge in [0.15, 0.2) is 5.82 Å². The van der Waals surface area contributed by atoms with Gasteiger partial charge in [0.2, 0.25) is 5.95 Å². The first-order valence-corrected chi connectivity index (χ1v) is 15.0. The van der Waals surface area contributed by atoms with Crippen LogP contribution in [0.25, 0.3) is 11.3 Å². The maximum Gasteiger partial charge on any atom is 0.312 e. The van der Waals surface area contributed by atoms with E-state index in [-0.39, 0.29) is 29.8 Å². The molecule has 1 aromatic heterocycles. The number of carbonyl (C=O) groups is 2. The molecule has 0 radical (unpaired) electrons. The summed E-state index contributed by atoms with van der Waals surface area (Å²) in [6.45, 7) is 3.26. The minimum Gasteiger partial charge on any atom is -0.494 e. The molecule has 4 rings (SSSR count). The second-order valence-electron chi connectivity index (χ2n) is 9.15. The third-order valence-corrected chi connectivity index (χ3v) is 6.85. The average molecular weight is 604 g/mol. The Morgan fingerprint density at radius 1 is 1.14 bits per heavy atom. The van der Waals surface area contributed by atoms with Crippen molar-refractivity contribution in [2.75, 3.05) is 37.9 Å². The van der Waals surface area contributed by atoms with E-state index in [0.29, 0.717) is 55.4 Å². The summed E-state index contributed by atoms with van der Waals surface area (Å²) < 4.78 is 44.4. The number of fused-ring (bicyclic) bond motifs is 6. The first-order valence-electron chi connectivity index (χ1n) is 13.3. The highest BCUT2D eigenvalue weighted by atomic mass is 32.2. The predicted octanol–water partition coefficient (Wildman–Crippen LogP) is 4.20. The van der Waals surface area contributed by atoms with Gasteiger partial charge < -0.3 is 31.6 Å². The van der Waals surface area contributed by atoms with Crippen LogP contribution in [-0.4, -0.2) is 54.5 Å². The fourth-order valence-corrected chi connectivity index (χ4v) is 4.90. The number of benzene rings is 2. The van der Waals surface area contributed by atoms with Crippen LogP contribution < -0.4 is 31.6 Å². The van der Waals surface area contributed by atoms with Gasteiger partial charge in [-0.25, -0.2) is 23.5 Å². The largest absolute Gasteiger partial charge is 0.494 e. The molecule has 3 amide bonds. The molecule has 0 fully saturated rings. The van der Waals surface area contributed by atoms with Crippen molar-refractivity contribution < 1.29 is 27.8 Å². The van der Waals surface area contributed by atoms with Crippen LogP contribution in [-0.2, 0) is 21.2 Å². The van der Waals surface area contributed by atoms with E-state index in [1.54, 1.807) is 6.07 Å². The number of nitrogens with two attached hydrogens (primary N) is 2. The van der Waals surface area contributed by atoms with E-state index in [4.69, 9.17) is 20.9 Å². The third-order valence-electron chi connectivity index (χ3n) is 5.59. The van der Waals surface area contributed by atoms with Gasteiger partial charge in [0.1, 0.15) is 23.0 Å². The Morgan fingerprint density at radius 2 is 1.90 bits per heavy atom. The standard InChI is InChI=1S/C24H25F2N5O3S.C4H10N2O/c1-35(31-22(32)12-27)14-15-8-17-11-18(9-15)33-6-2-3-7-34-21-10-16(25)4-5-19(21)23-20(26)13-28-24(29-17)30-23;1-2-3-6-4(5)7/h4-5,8-11,13H,2-3,6-7,12,14,27H2,1H3,(H,28,29,30);2-3H2,1H3,(H3,5,6,7). The Balaban J connectivity index is 0.000000616. The molecule has 11 nitrogen and oxygen atoms in total. The lowest BCUT2D eigenvalue weighted by molar-refractivity contribution is -0.116. The molecule has 0 saturated carbocycles. The second kappa shape index (κ2) is 16.3. The third kappa shape index (κ3) is 10.3. The number of hydrogen-bond donors (Lipinski definition) is 4. The van der Waals surface area contributed by atoms with E-state index < -0.39 is 28.4 Å². The SMILES string of the molecule is CCCNC(N)=O.CS(Cc1cc2cc(c1)OCCCCOc1cc(F)ccc1-c1nc(ncc1F)N2)=NC(=O)CN. The molecule has 226 valence electrons. The first kappa shape index (κ1) is 32.3. The number of carbonyl (C=O) groups excluding carboxylic acids is 2. The van der Waals surface area contributed by atoms with Crippen molar-refractivity contribution >= 4 is 34.3 Å². The normalized spacial score (nSPS) is 13.4. The Kier molecular flexibility index (Phi) is 12.6. The van der Waals surface area contributed by atoms with E-state index in [9.17, 15) is 18.4 Å². The zero-order valence-corrected chi connectivity index (χ0v) is 24.3. The molecular weight excluding hydrogens is 568 g/mol. The Hall–Kier alpha value is -4.17. The molecule has 2 aromatic carbocycles. The number of hydrogen-bond acceptors (Lipinski definition) is 8. The summed E-state index contributed by atoms with van der Waals surface area (Å²) >= 11 is 0. The molecule has 0 aliphatic carbocycles.